The first-order chi connectivity index (χ1) is 14.3. The molecule has 8 heteroatoms. The topological polar surface area (TPSA) is 71.4 Å². The molecule has 1 aliphatic heterocycles. The van der Waals surface area contributed by atoms with Crippen molar-refractivity contribution in [3.05, 3.63) is 82.1 Å². The van der Waals surface area contributed by atoms with E-state index in [1.807, 2.05) is 53.2 Å². The van der Waals surface area contributed by atoms with Crippen LogP contribution in [0.25, 0.3) is 0 Å². The van der Waals surface area contributed by atoms with Crippen LogP contribution in [-0.4, -0.2) is 25.4 Å². The second kappa shape index (κ2) is 8.37. The van der Waals surface area contributed by atoms with Crippen molar-refractivity contribution in [1.82, 2.24) is 9.29 Å². The molecule has 0 saturated carbocycles. The highest BCUT2D eigenvalue weighted by Gasteiger charge is 2.27. The smallest absolute Gasteiger partial charge is 0.242 e. The van der Waals surface area contributed by atoms with Crippen LogP contribution in [0.3, 0.4) is 0 Å². The number of sulfonamides is 1. The summed E-state index contributed by atoms with van der Waals surface area (Å²) in [4.78, 5) is 13.6. The normalized spacial score (nSPS) is 13.5. The van der Waals surface area contributed by atoms with Crippen molar-refractivity contribution >= 4 is 37.5 Å². The van der Waals surface area contributed by atoms with Gasteiger partial charge in [-0.2, -0.15) is 0 Å². The molecule has 1 N–H and O–H groups in total. The Morgan fingerprint density at radius 3 is 2.63 bits per heavy atom. The monoisotopic (exact) mass is 487 g/mol. The highest BCUT2D eigenvalue weighted by Crippen LogP contribution is 2.35. The molecule has 0 atom stereocenters. The molecule has 30 heavy (non-hydrogen) atoms. The standard InChI is InChI=1S/C22H22BrN3O3S/c1-16(27)26-11-9-18-12-20(23)22(13-21(18)26)30(28,29)24-14-19-8-5-10-25(19)15-17-6-3-2-4-7-17/h2-8,10,12-13,24H,9,11,14-15H2,1H3. The van der Waals surface area contributed by atoms with Crippen LogP contribution in [0.5, 0.6) is 0 Å². The van der Waals surface area contributed by atoms with Crippen LogP contribution >= 0.6 is 15.9 Å². The predicted octanol–water partition coefficient (Wildman–Crippen LogP) is 3.69. The molecule has 0 bridgehead atoms. The third kappa shape index (κ3) is 4.21. The average Bonchev–Trinajstić information content (AvgIpc) is 3.33. The van der Waals surface area contributed by atoms with Crippen molar-refractivity contribution in [3.63, 3.8) is 0 Å². The minimum absolute atomic E-state index is 0.0916. The Morgan fingerprint density at radius 2 is 1.90 bits per heavy atom. The van der Waals surface area contributed by atoms with Gasteiger partial charge in [0, 0.05) is 42.1 Å². The molecule has 0 saturated heterocycles. The van der Waals surface area contributed by atoms with Crippen LogP contribution in [0.1, 0.15) is 23.7 Å². The maximum atomic E-state index is 13.0. The van der Waals surface area contributed by atoms with Gasteiger partial charge in [0.1, 0.15) is 0 Å². The van der Waals surface area contributed by atoms with Crippen molar-refractivity contribution in [2.75, 3.05) is 11.4 Å². The van der Waals surface area contributed by atoms with Gasteiger partial charge in [-0.25, -0.2) is 13.1 Å². The van der Waals surface area contributed by atoms with Gasteiger partial charge in [-0.1, -0.05) is 30.3 Å². The van der Waals surface area contributed by atoms with E-state index >= 15 is 0 Å². The number of nitrogens with zero attached hydrogens (tertiary/aromatic N) is 2. The van der Waals surface area contributed by atoms with E-state index < -0.39 is 10.0 Å². The number of nitrogens with one attached hydrogen (secondary N) is 1. The quantitative estimate of drug-likeness (QED) is 0.576. The fourth-order valence-corrected chi connectivity index (χ4v) is 5.82. The zero-order chi connectivity index (χ0) is 21.3. The first kappa shape index (κ1) is 20.8. The molecule has 2 heterocycles. The third-order valence-electron chi connectivity index (χ3n) is 5.26. The van der Waals surface area contributed by atoms with Gasteiger partial charge in [0.25, 0.3) is 0 Å². The van der Waals surface area contributed by atoms with E-state index in [0.29, 0.717) is 29.7 Å². The maximum absolute atomic E-state index is 13.0. The number of carbonyl (C=O) groups excluding carboxylic acids is 1. The summed E-state index contributed by atoms with van der Waals surface area (Å²) in [6.07, 6.45) is 2.65. The van der Waals surface area contributed by atoms with Crippen molar-refractivity contribution in [2.45, 2.75) is 31.3 Å². The molecule has 0 spiro atoms. The van der Waals surface area contributed by atoms with Gasteiger partial charge < -0.3 is 9.47 Å². The number of halogens is 1. The number of fused-ring (bicyclic) bond motifs is 1. The Hall–Kier alpha value is -2.42. The summed E-state index contributed by atoms with van der Waals surface area (Å²) in [5, 5.41) is 0. The van der Waals surface area contributed by atoms with Crippen molar-refractivity contribution in [3.8, 4) is 0 Å². The Kier molecular flexibility index (Phi) is 5.81. The van der Waals surface area contributed by atoms with Crippen molar-refractivity contribution in [2.24, 2.45) is 0 Å². The lowest BCUT2D eigenvalue weighted by Crippen LogP contribution is -2.27. The van der Waals surface area contributed by atoms with Crippen LogP contribution in [0.2, 0.25) is 0 Å². The van der Waals surface area contributed by atoms with Gasteiger partial charge in [0.2, 0.25) is 15.9 Å². The lowest BCUT2D eigenvalue weighted by atomic mass is 10.2. The molecule has 0 aliphatic carbocycles. The minimum atomic E-state index is -3.78. The highest BCUT2D eigenvalue weighted by molar-refractivity contribution is 9.10. The Labute approximate surface area is 184 Å². The summed E-state index contributed by atoms with van der Waals surface area (Å²) in [6.45, 7) is 2.90. The largest absolute Gasteiger partial charge is 0.346 e. The zero-order valence-electron chi connectivity index (χ0n) is 16.5. The molecule has 3 aromatic rings. The number of hydrogen-bond donors (Lipinski definition) is 1. The van der Waals surface area contributed by atoms with Crippen molar-refractivity contribution < 1.29 is 13.2 Å². The maximum Gasteiger partial charge on any atom is 0.242 e. The predicted molar refractivity (Wildman–Crippen MR) is 120 cm³/mol. The summed E-state index contributed by atoms with van der Waals surface area (Å²) in [7, 11) is -3.78. The molecule has 0 radical (unpaired) electrons. The van der Waals surface area contributed by atoms with Crippen LogP contribution in [0.15, 0.2) is 70.2 Å². The number of hydrogen-bond acceptors (Lipinski definition) is 3. The average molecular weight is 488 g/mol. The molecular formula is C22H22BrN3O3S. The zero-order valence-corrected chi connectivity index (χ0v) is 18.9. The molecule has 4 rings (SSSR count). The lowest BCUT2D eigenvalue weighted by molar-refractivity contribution is -0.116. The first-order valence-corrected chi connectivity index (χ1v) is 11.9. The molecule has 6 nitrogen and oxygen atoms in total. The number of benzene rings is 2. The number of anilines is 1. The van der Waals surface area contributed by atoms with E-state index in [1.54, 1.807) is 17.0 Å². The van der Waals surface area contributed by atoms with Gasteiger partial charge in [0.15, 0.2) is 0 Å². The SMILES string of the molecule is CC(=O)N1CCc2cc(Br)c(S(=O)(=O)NCc3cccn3Cc3ccccc3)cc21. The van der Waals surface area contributed by atoms with Crippen LogP contribution in [0, 0.1) is 0 Å². The summed E-state index contributed by atoms with van der Waals surface area (Å²) in [6, 6.07) is 17.2. The Balaban J connectivity index is 1.55. The molecule has 1 aliphatic rings. The highest BCUT2D eigenvalue weighted by atomic mass is 79.9. The van der Waals surface area contributed by atoms with E-state index in [2.05, 4.69) is 20.7 Å². The second-order valence-electron chi connectivity index (χ2n) is 7.27. The fourth-order valence-electron chi connectivity index (χ4n) is 3.71. The summed E-state index contributed by atoms with van der Waals surface area (Å²) < 4.78 is 31.3. The van der Waals surface area contributed by atoms with Gasteiger partial charge >= 0.3 is 0 Å². The minimum Gasteiger partial charge on any atom is -0.346 e. The van der Waals surface area contributed by atoms with Gasteiger partial charge in [-0.3, -0.25) is 4.79 Å². The summed E-state index contributed by atoms with van der Waals surface area (Å²) in [5.74, 6) is -0.0916. The van der Waals surface area contributed by atoms with Crippen LogP contribution in [-0.2, 0) is 34.3 Å². The number of aromatic nitrogens is 1. The number of amides is 1. The first-order valence-electron chi connectivity index (χ1n) is 9.63. The lowest BCUT2D eigenvalue weighted by Gasteiger charge is -2.17. The van der Waals surface area contributed by atoms with E-state index in [0.717, 1.165) is 16.8 Å². The van der Waals surface area contributed by atoms with E-state index in [-0.39, 0.29) is 17.3 Å². The summed E-state index contributed by atoms with van der Waals surface area (Å²) >= 11 is 3.39. The molecule has 2 aromatic carbocycles. The Morgan fingerprint density at radius 1 is 1.13 bits per heavy atom. The molecular weight excluding hydrogens is 466 g/mol. The number of rotatable bonds is 6. The number of carbonyl (C=O) groups is 1. The van der Waals surface area contributed by atoms with Crippen molar-refractivity contribution in [1.29, 1.82) is 0 Å². The fraction of sp³-hybridized carbons (Fsp3) is 0.227. The summed E-state index contributed by atoms with van der Waals surface area (Å²) in [5.41, 5.74) is 3.64. The van der Waals surface area contributed by atoms with Gasteiger partial charge in [0.05, 0.1) is 11.4 Å². The third-order valence-corrected chi connectivity index (χ3v) is 7.62. The molecule has 1 amide bonds. The molecule has 156 valence electrons. The molecule has 1 aromatic heterocycles. The van der Waals surface area contributed by atoms with E-state index in [1.165, 1.54) is 6.92 Å². The molecule has 0 unspecified atom stereocenters. The Bertz CT molecular complexity index is 1190. The van der Waals surface area contributed by atoms with E-state index in [9.17, 15) is 13.2 Å². The second-order valence-corrected chi connectivity index (χ2v) is 9.86. The van der Waals surface area contributed by atoms with Gasteiger partial charge in [-0.15, -0.1) is 0 Å². The van der Waals surface area contributed by atoms with E-state index in [4.69, 9.17) is 0 Å². The van der Waals surface area contributed by atoms with Gasteiger partial charge in [-0.05, 0) is 57.7 Å². The van der Waals surface area contributed by atoms with Crippen LogP contribution in [0.4, 0.5) is 5.69 Å². The molecule has 0 fully saturated rings. The van der Waals surface area contributed by atoms with Crippen LogP contribution < -0.4 is 9.62 Å².